The third-order valence-corrected chi connectivity index (χ3v) is 18.3. The molecule has 0 radical (unpaired) electrons. The molecule has 0 fully saturated rings. The van der Waals surface area contributed by atoms with Crippen molar-refractivity contribution < 1.29 is 49.5 Å². The highest BCUT2D eigenvalue weighted by molar-refractivity contribution is 8.77. The minimum Gasteiger partial charge on any atom is -0.478 e. The summed E-state index contributed by atoms with van der Waals surface area (Å²) < 4.78 is 0. The number of rotatable bonds is 5. The highest BCUT2D eigenvalue weighted by Gasteiger charge is 2.49. The fraction of sp³-hybridized carbons (Fsp3) is 0.0930. The Hall–Kier alpha value is -4.97. The van der Waals surface area contributed by atoms with Crippen molar-refractivity contribution in [2.75, 3.05) is 0 Å². The molecule has 0 saturated heterocycles. The number of hydrogen-bond donors (Lipinski definition) is 5. The van der Waals surface area contributed by atoms with Crippen LogP contribution in [0.3, 0.4) is 0 Å². The van der Waals surface area contributed by atoms with Crippen LogP contribution in [0.4, 0.5) is 0 Å². The first-order valence-electron chi connectivity index (χ1n) is 17.8. The summed E-state index contributed by atoms with van der Waals surface area (Å²) in [5, 5.41) is 51.9. The van der Waals surface area contributed by atoms with Crippen LogP contribution in [0.25, 0.3) is 0 Å². The van der Waals surface area contributed by atoms with Gasteiger partial charge in [0.1, 0.15) is 0 Å². The Bertz CT molecular complexity index is 2700. The van der Waals surface area contributed by atoms with Gasteiger partial charge in [-0.15, -0.1) is 0 Å². The Morgan fingerprint density at radius 1 is 0.305 bits per heavy atom. The molecule has 6 aliphatic carbocycles. The largest absolute Gasteiger partial charge is 0.478 e. The predicted molar refractivity (Wildman–Crippen MR) is 226 cm³/mol. The molecular formula is C43H24O10S6. The van der Waals surface area contributed by atoms with Crippen molar-refractivity contribution in [1.82, 2.24) is 0 Å². The maximum absolute atomic E-state index is 12.9. The number of aromatic carboxylic acids is 1. The first-order valence-corrected chi connectivity index (χ1v) is 24.2. The molecule has 292 valence electrons. The summed E-state index contributed by atoms with van der Waals surface area (Å²) in [7, 11) is 8.29. The van der Waals surface area contributed by atoms with Gasteiger partial charge in [-0.1, -0.05) is 89.0 Å². The second-order valence-corrected chi connectivity index (χ2v) is 21.1. The van der Waals surface area contributed by atoms with Crippen LogP contribution in [0, 0.1) is 0 Å². The van der Waals surface area contributed by atoms with Gasteiger partial charge in [0.25, 0.3) is 0 Å². The van der Waals surface area contributed by atoms with Gasteiger partial charge in [0.05, 0.1) is 27.9 Å². The highest BCUT2D eigenvalue weighted by atomic mass is 33.1. The lowest BCUT2D eigenvalue weighted by molar-refractivity contribution is -0.136. The minimum atomic E-state index is -1.30. The quantitative estimate of drug-likeness (QED) is 0.105. The lowest BCUT2D eigenvalue weighted by atomic mass is 9.61. The molecule has 5 aromatic carbocycles. The van der Waals surface area contributed by atoms with E-state index in [2.05, 4.69) is 0 Å². The van der Waals surface area contributed by atoms with Gasteiger partial charge in [-0.25, -0.2) is 24.0 Å². The zero-order valence-electron chi connectivity index (χ0n) is 29.7. The number of benzene rings is 5. The number of carboxylic acid groups (broad SMARTS) is 5. The van der Waals surface area contributed by atoms with Crippen molar-refractivity contribution in [2.24, 2.45) is 0 Å². The van der Waals surface area contributed by atoms with Gasteiger partial charge in [-0.3, -0.25) is 0 Å². The van der Waals surface area contributed by atoms with Crippen molar-refractivity contribution in [3.8, 4) is 0 Å². The van der Waals surface area contributed by atoms with Gasteiger partial charge in [-0.05, 0) is 111 Å². The van der Waals surface area contributed by atoms with Crippen LogP contribution < -0.4 is 0 Å². The van der Waals surface area contributed by atoms with Gasteiger partial charge < -0.3 is 25.5 Å². The van der Waals surface area contributed by atoms with E-state index in [1.807, 2.05) is 78.9 Å². The smallest absolute Gasteiger partial charge is 0.335 e. The summed E-state index contributed by atoms with van der Waals surface area (Å²) in [6.45, 7) is 0. The lowest BCUT2D eigenvalue weighted by Gasteiger charge is -2.41. The SMILES string of the molecule is O=C(O)C1=C(C(=O)O)[C@H]2c3ccc4cc3[C@@H]1c1ccc(cc12)SSc1ccc2c(c1)[C@H]1C(C(=O)O)=C(C(=O)O)[C@@H]2c2cc(ccc21)SSc1cc(cc(C(=O)O)c1)SS4. The van der Waals surface area contributed by atoms with Crippen LogP contribution in [0.2, 0.25) is 0 Å². The van der Waals surface area contributed by atoms with E-state index < -0.39 is 53.5 Å². The summed E-state index contributed by atoms with van der Waals surface area (Å²) in [5.41, 5.74) is 5.09. The van der Waals surface area contributed by atoms with Crippen molar-refractivity contribution in [3.05, 3.63) is 163 Å². The van der Waals surface area contributed by atoms with Crippen LogP contribution in [0.15, 0.2) is 143 Å². The Balaban J connectivity index is 1.13. The molecule has 0 aromatic heterocycles. The maximum atomic E-state index is 12.9. The average Bonchev–Trinajstić information content (AvgIpc) is 3.22. The topological polar surface area (TPSA) is 186 Å². The van der Waals surface area contributed by atoms with Gasteiger partial charge in [0.2, 0.25) is 0 Å². The van der Waals surface area contributed by atoms with Crippen molar-refractivity contribution in [1.29, 1.82) is 0 Å². The third kappa shape index (κ3) is 6.14. The molecule has 9 heterocycles. The molecule has 10 nitrogen and oxygen atoms in total. The molecule has 0 amide bonds. The second kappa shape index (κ2) is 14.3. The maximum Gasteiger partial charge on any atom is 0.335 e. The molecule has 18 bridgehead atoms. The number of aliphatic carboxylic acids is 4. The standard InChI is InChI=1S/C43H24O10S6/c44-39(45)16-9-21-11-22(10-16)59-57-20-4-8-26-30(15-20)34-24-6-2-18(13-28(24)32(26)36(41(48)49)38(34)43(52)53)55-54-17-1-5-23-27(12-17)31-25-7-3-19(56-58-21)14-29(25)33(23)37(42(50)51)35(31)40(46)47/h1-15,31-34H,(H,44,45)(H,46,47)(H,48,49)(H,50,51)(H,52,53)/t31-,32-,33-,34-/m0/s1. The zero-order chi connectivity index (χ0) is 41.0. The van der Waals surface area contributed by atoms with Crippen molar-refractivity contribution >= 4 is 94.6 Å². The zero-order valence-corrected chi connectivity index (χ0v) is 34.6. The Morgan fingerprint density at radius 2 is 0.559 bits per heavy atom. The average molecular weight is 893 g/mol. The van der Waals surface area contributed by atoms with Gasteiger partial charge in [0.15, 0.2) is 0 Å². The van der Waals surface area contributed by atoms with Gasteiger partial charge >= 0.3 is 29.8 Å². The summed E-state index contributed by atoms with van der Waals surface area (Å²) >= 11 is 0. The van der Waals surface area contributed by atoms with E-state index in [0.717, 1.165) is 19.6 Å². The van der Waals surface area contributed by atoms with E-state index in [1.165, 1.54) is 64.8 Å². The van der Waals surface area contributed by atoms with E-state index in [4.69, 9.17) is 0 Å². The predicted octanol–water partition coefficient (Wildman–Crippen LogP) is 10.2. The summed E-state index contributed by atoms with van der Waals surface area (Å²) in [5.74, 6) is -9.65. The number of hydrogen-bond acceptors (Lipinski definition) is 11. The van der Waals surface area contributed by atoms with Crippen LogP contribution in [-0.2, 0) is 19.2 Å². The van der Waals surface area contributed by atoms with E-state index in [9.17, 15) is 49.5 Å². The second-order valence-electron chi connectivity index (χ2n) is 14.3. The van der Waals surface area contributed by atoms with Crippen LogP contribution in [0.1, 0.15) is 78.5 Å². The Morgan fingerprint density at radius 3 is 0.797 bits per heavy atom. The molecule has 0 saturated carbocycles. The van der Waals surface area contributed by atoms with E-state index >= 15 is 0 Å². The summed E-state index contributed by atoms with van der Waals surface area (Å²) in [4.78, 5) is 68.1. The van der Waals surface area contributed by atoms with Gasteiger partial charge in [-0.2, -0.15) is 0 Å². The summed E-state index contributed by atoms with van der Waals surface area (Å²) in [6, 6.07) is 27.6. The molecule has 59 heavy (non-hydrogen) atoms. The Kier molecular flexibility index (Phi) is 9.30. The highest BCUT2D eigenvalue weighted by Crippen LogP contribution is 2.60. The molecule has 16 heteroatoms. The monoisotopic (exact) mass is 892 g/mol. The summed E-state index contributed by atoms with van der Waals surface area (Å²) in [6.07, 6.45) is 0. The van der Waals surface area contributed by atoms with Crippen LogP contribution >= 0.6 is 64.8 Å². The molecule has 5 aromatic rings. The Labute approximate surface area is 358 Å². The van der Waals surface area contributed by atoms with E-state index in [-0.39, 0.29) is 27.9 Å². The van der Waals surface area contributed by atoms with E-state index in [1.54, 1.807) is 12.1 Å². The first kappa shape index (κ1) is 38.2. The normalized spacial score (nSPS) is 20.7. The molecule has 0 spiro atoms. The molecule has 5 N–H and O–H groups in total. The third-order valence-electron chi connectivity index (χ3n) is 11.2. The fourth-order valence-electron chi connectivity index (χ4n) is 9.04. The molecular weight excluding hydrogens is 869 g/mol. The molecule has 20 rings (SSSR count). The van der Waals surface area contributed by atoms with Crippen LogP contribution in [0.5, 0.6) is 0 Å². The molecule has 0 unspecified atom stereocenters. The first-order chi connectivity index (χ1) is 28.4. The van der Waals surface area contributed by atoms with Gasteiger partial charge in [0, 0.05) is 53.0 Å². The minimum absolute atomic E-state index is 0.0831. The number of carboxylic acids is 5. The molecule has 9 aliphatic heterocycles. The number of carbonyl (C=O) groups is 5. The fourth-order valence-corrected chi connectivity index (χ4v) is 15.1. The van der Waals surface area contributed by atoms with Crippen molar-refractivity contribution in [3.63, 3.8) is 0 Å². The van der Waals surface area contributed by atoms with Crippen molar-refractivity contribution in [2.45, 2.75) is 53.0 Å². The lowest BCUT2D eigenvalue weighted by Crippen LogP contribution is -2.34. The molecule has 4 atom stereocenters. The van der Waals surface area contributed by atoms with Crippen LogP contribution in [-0.4, -0.2) is 55.4 Å². The van der Waals surface area contributed by atoms with E-state index in [0.29, 0.717) is 54.3 Å². The molecule has 15 aliphatic rings.